The van der Waals surface area contributed by atoms with Crippen LogP contribution in [0.1, 0.15) is 6.92 Å². The highest BCUT2D eigenvalue weighted by molar-refractivity contribution is 6.30. The maximum absolute atomic E-state index is 11.9. The highest BCUT2D eigenvalue weighted by Crippen LogP contribution is 2.26. The molecule has 1 aromatic heterocycles. The summed E-state index contributed by atoms with van der Waals surface area (Å²) in [6.45, 7) is 1.64. The number of hydrogen-bond acceptors (Lipinski definition) is 3. The Bertz CT molecular complexity index is 686. The molecule has 0 saturated heterocycles. The Hall–Kier alpha value is -2.69. The molecule has 0 fully saturated rings. The second-order valence-electron chi connectivity index (χ2n) is 4.33. The first kappa shape index (κ1) is 11.4. The number of hydrogen-bond donors (Lipinski definition) is 1. The molecule has 1 aliphatic heterocycles. The summed E-state index contributed by atoms with van der Waals surface area (Å²) in [7, 11) is 0. The van der Waals surface area contributed by atoms with E-state index in [0.717, 1.165) is 11.3 Å². The van der Waals surface area contributed by atoms with Crippen LogP contribution >= 0.6 is 0 Å². The topological polar surface area (TPSA) is 66.1 Å². The number of aromatic nitrogens is 2. The fourth-order valence-electron chi connectivity index (χ4n) is 2.06. The smallest absolute Gasteiger partial charge is 0.261 e. The zero-order chi connectivity index (χ0) is 13.4. The van der Waals surface area contributed by atoms with Gasteiger partial charge in [-0.05, 0) is 25.1 Å². The van der Waals surface area contributed by atoms with E-state index in [0.29, 0.717) is 11.3 Å². The maximum Gasteiger partial charge on any atom is 0.261 e. The van der Waals surface area contributed by atoms with Gasteiger partial charge in [0.2, 0.25) is 0 Å². The molecule has 19 heavy (non-hydrogen) atoms. The lowest BCUT2D eigenvalue weighted by molar-refractivity contribution is -0.120. The minimum absolute atomic E-state index is 0.272. The molecule has 1 aromatic carbocycles. The third-order valence-electron chi connectivity index (χ3n) is 3.02. The predicted molar refractivity (Wildman–Crippen MR) is 70.3 cm³/mol. The molecule has 3 rings (SSSR count). The number of amides is 2. The quantitative estimate of drug-likeness (QED) is 0.831. The van der Waals surface area contributed by atoms with Gasteiger partial charge < -0.3 is 0 Å². The van der Waals surface area contributed by atoms with Gasteiger partial charge in [0, 0.05) is 23.4 Å². The van der Waals surface area contributed by atoms with E-state index in [2.05, 4.69) is 10.2 Å². The molecule has 2 amide bonds. The fourth-order valence-corrected chi connectivity index (χ4v) is 2.06. The summed E-state index contributed by atoms with van der Waals surface area (Å²) in [5.41, 5.74) is 2.73. The molecule has 0 unspecified atom stereocenters. The van der Waals surface area contributed by atoms with Crippen LogP contribution in [0.25, 0.3) is 11.3 Å². The Balaban J connectivity index is 2.01. The van der Waals surface area contributed by atoms with Crippen molar-refractivity contribution in [3.63, 3.8) is 0 Å². The Kier molecular flexibility index (Phi) is 2.52. The molecule has 0 atom stereocenters. The van der Waals surface area contributed by atoms with Crippen molar-refractivity contribution in [2.75, 3.05) is 4.90 Å². The average molecular weight is 253 g/mol. The van der Waals surface area contributed by atoms with E-state index in [4.69, 9.17) is 0 Å². The van der Waals surface area contributed by atoms with Gasteiger partial charge in [0.25, 0.3) is 11.8 Å². The van der Waals surface area contributed by atoms with Crippen LogP contribution in [0.2, 0.25) is 0 Å². The molecule has 2 aromatic rings. The van der Waals surface area contributed by atoms with E-state index < -0.39 is 0 Å². The molecule has 2 heterocycles. The number of nitrogens with zero attached hydrogens (tertiary/aromatic N) is 2. The van der Waals surface area contributed by atoms with Crippen molar-refractivity contribution in [2.24, 2.45) is 0 Å². The van der Waals surface area contributed by atoms with Gasteiger partial charge in [-0.1, -0.05) is 12.1 Å². The van der Waals surface area contributed by atoms with Crippen molar-refractivity contribution in [1.82, 2.24) is 10.2 Å². The largest absolute Gasteiger partial charge is 0.278 e. The summed E-state index contributed by atoms with van der Waals surface area (Å²) in [4.78, 5) is 24.9. The van der Waals surface area contributed by atoms with Crippen LogP contribution in [-0.4, -0.2) is 22.0 Å². The van der Waals surface area contributed by atoms with Crippen molar-refractivity contribution in [1.29, 1.82) is 0 Å². The Morgan fingerprint density at radius 3 is 2.68 bits per heavy atom. The number of benzene rings is 1. The fraction of sp³-hybridized carbons (Fsp3) is 0.0714. The van der Waals surface area contributed by atoms with Crippen molar-refractivity contribution in [3.8, 4) is 11.3 Å². The lowest BCUT2D eigenvalue weighted by atomic mass is 10.1. The molecule has 5 nitrogen and oxygen atoms in total. The first-order chi connectivity index (χ1) is 9.16. The second-order valence-corrected chi connectivity index (χ2v) is 4.33. The number of imide groups is 1. The maximum atomic E-state index is 11.9. The standard InChI is InChI=1S/C14H11N3O2/c1-9-7-13(18)17(14(9)19)11-4-2-3-10(8-11)12-5-6-15-16-12/h2-8H,1H3,(H,15,16). The molecule has 94 valence electrons. The summed E-state index contributed by atoms with van der Waals surface area (Å²) >= 11 is 0. The molecule has 5 heteroatoms. The molecule has 0 saturated carbocycles. The first-order valence-corrected chi connectivity index (χ1v) is 5.83. The number of aromatic amines is 1. The van der Waals surface area contributed by atoms with Gasteiger partial charge >= 0.3 is 0 Å². The van der Waals surface area contributed by atoms with Gasteiger partial charge in [-0.15, -0.1) is 0 Å². The zero-order valence-corrected chi connectivity index (χ0v) is 10.3. The van der Waals surface area contributed by atoms with E-state index in [1.807, 2.05) is 12.1 Å². The zero-order valence-electron chi connectivity index (χ0n) is 10.3. The third-order valence-corrected chi connectivity index (χ3v) is 3.02. The van der Waals surface area contributed by atoms with Crippen molar-refractivity contribution in [2.45, 2.75) is 6.92 Å². The lowest BCUT2D eigenvalue weighted by Crippen LogP contribution is -2.30. The van der Waals surface area contributed by atoms with Gasteiger partial charge in [-0.25, -0.2) is 4.90 Å². The summed E-state index contributed by atoms with van der Waals surface area (Å²) < 4.78 is 0. The molecule has 1 aliphatic rings. The predicted octanol–water partition coefficient (Wildman–Crippen LogP) is 1.90. The number of carbonyl (C=O) groups excluding carboxylic acids is 2. The van der Waals surface area contributed by atoms with Gasteiger partial charge in [-0.3, -0.25) is 14.7 Å². The van der Waals surface area contributed by atoms with Gasteiger partial charge in [0.15, 0.2) is 0 Å². The van der Waals surface area contributed by atoms with Crippen molar-refractivity contribution in [3.05, 3.63) is 48.2 Å². The van der Waals surface area contributed by atoms with Gasteiger partial charge in [-0.2, -0.15) is 5.10 Å². The molecule has 0 aliphatic carbocycles. The third kappa shape index (κ3) is 1.85. The molecule has 1 N–H and O–H groups in total. The highest BCUT2D eigenvalue weighted by atomic mass is 16.2. The molecule has 0 spiro atoms. The van der Waals surface area contributed by atoms with Crippen LogP contribution in [0.15, 0.2) is 48.2 Å². The van der Waals surface area contributed by atoms with Crippen LogP contribution in [0.5, 0.6) is 0 Å². The van der Waals surface area contributed by atoms with E-state index in [1.54, 1.807) is 31.3 Å². The van der Waals surface area contributed by atoms with Gasteiger partial charge in [0.05, 0.1) is 11.4 Å². The molecule has 0 radical (unpaired) electrons. The molecular weight excluding hydrogens is 242 g/mol. The van der Waals surface area contributed by atoms with Crippen LogP contribution < -0.4 is 4.90 Å². The van der Waals surface area contributed by atoms with Crippen LogP contribution in [-0.2, 0) is 9.59 Å². The molecular formula is C14H11N3O2. The number of nitrogens with one attached hydrogen (secondary N) is 1. The average Bonchev–Trinajstić information content (AvgIpc) is 3.00. The van der Waals surface area contributed by atoms with E-state index in [1.165, 1.54) is 11.0 Å². The van der Waals surface area contributed by atoms with E-state index >= 15 is 0 Å². The van der Waals surface area contributed by atoms with E-state index in [9.17, 15) is 9.59 Å². The molecule has 0 bridgehead atoms. The van der Waals surface area contributed by atoms with Crippen LogP contribution in [0.3, 0.4) is 0 Å². The summed E-state index contributed by atoms with van der Waals surface area (Å²) in [5, 5.41) is 6.74. The minimum Gasteiger partial charge on any atom is -0.278 e. The summed E-state index contributed by atoms with van der Waals surface area (Å²) in [6.07, 6.45) is 3.01. The Morgan fingerprint density at radius 2 is 2.05 bits per heavy atom. The number of carbonyl (C=O) groups is 2. The monoisotopic (exact) mass is 253 g/mol. The minimum atomic E-state index is -0.302. The number of anilines is 1. The van der Waals surface area contributed by atoms with E-state index in [-0.39, 0.29) is 11.8 Å². The van der Waals surface area contributed by atoms with Crippen LogP contribution in [0, 0.1) is 0 Å². The second kappa shape index (κ2) is 4.20. The Labute approximate surface area is 109 Å². The number of H-pyrrole nitrogens is 1. The summed E-state index contributed by atoms with van der Waals surface area (Å²) in [6, 6.07) is 9.05. The Morgan fingerprint density at radius 1 is 1.21 bits per heavy atom. The van der Waals surface area contributed by atoms with Crippen molar-refractivity contribution < 1.29 is 9.59 Å². The normalized spacial score (nSPS) is 15.0. The SMILES string of the molecule is CC1=CC(=O)N(c2cccc(-c3ccn[nH]3)c2)C1=O. The first-order valence-electron chi connectivity index (χ1n) is 5.83. The number of rotatable bonds is 2. The van der Waals surface area contributed by atoms with Crippen LogP contribution in [0.4, 0.5) is 5.69 Å². The lowest BCUT2D eigenvalue weighted by Gasteiger charge is -2.15. The summed E-state index contributed by atoms with van der Waals surface area (Å²) in [5.74, 6) is -0.573. The van der Waals surface area contributed by atoms with Gasteiger partial charge in [0.1, 0.15) is 0 Å². The highest BCUT2D eigenvalue weighted by Gasteiger charge is 2.29. The van der Waals surface area contributed by atoms with Crippen molar-refractivity contribution >= 4 is 17.5 Å².